The Labute approximate surface area is 164 Å². The van der Waals surface area contributed by atoms with Gasteiger partial charge < -0.3 is 15.4 Å². The van der Waals surface area contributed by atoms with E-state index in [-0.39, 0.29) is 11.9 Å². The van der Waals surface area contributed by atoms with Crippen LogP contribution in [-0.2, 0) is 4.79 Å². The smallest absolute Gasteiger partial charge is 0.221 e. The number of halogens is 1. The molecule has 0 saturated heterocycles. The van der Waals surface area contributed by atoms with Crippen molar-refractivity contribution in [3.8, 4) is 11.5 Å². The molecule has 0 aliphatic heterocycles. The molecule has 2 N–H and O–H groups in total. The van der Waals surface area contributed by atoms with E-state index in [0.717, 1.165) is 16.9 Å². The monoisotopic (exact) mass is 380 g/mol. The summed E-state index contributed by atoms with van der Waals surface area (Å²) in [6.45, 7) is 3.55. The normalized spacial score (nSPS) is 11.5. The Hall–Kier alpha value is -2.98. The first-order chi connectivity index (χ1) is 13.0. The maximum atomic E-state index is 11.5. The molecule has 5 heteroatoms. The Kier molecular flexibility index (Phi) is 5.99. The summed E-state index contributed by atoms with van der Waals surface area (Å²) < 4.78 is 6.01. The zero-order valence-corrected chi connectivity index (χ0v) is 16.0. The number of hydrogen-bond acceptors (Lipinski definition) is 3. The van der Waals surface area contributed by atoms with Gasteiger partial charge in [0.2, 0.25) is 5.91 Å². The van der Waals surface area contributed by atoms with Crippen molar-refractivity contribution in [3.63, 3.8) is 0 Å². The number of nitrogens with one attached hydrogen (secondary N) is 2. The lowest BCUT2D eigenvalue weighted by Crippen LogP contribution is -2.13. The fraction of sp³-hybridized carbons (Fsp3) is 0.136. The number of benzene rings is 3. The van der Waals surface area contributed by atoms with Crippen molar-refractivity contribution in [1.29, 1.82) is 0 Å². The number of carbonyl (C=O) groups is 1. The molecular weight excluding hydrogens is 360 g/mol. The zero-order valence-electron chi connectivity index (χ0n) is 15.2. The Morgan fingerprint density at radius 1 is 0.926 bits per heavy atom. The second kappa shape index (κ2) is 8.60. The lowest BCUT2D eigenvalue weighted by atomic mass is 10.1. The Morgan fingerprint density at radius 3 is 2.26 bits per heavy atom. The zero-order chi connectivity index (χ0) is 19.2. The SMILES string of the molecule is CC(=O)Nc1ccccc1C(C)Nc1ccccc1Oc1ccc(Cl)cc1. The molecule has 0 spiro atoms. The molecule has 3 aromatic rings. The second-order valence-electron chi connectivity index (χ2n) is 6.19. The van der Waals surface area contributed by atoms with Crippen LogP contribution in [0.25, 0.3) is 0 Å². The molecule has 0 saturated carbocycles. The number of rotatable bonds is 6. The highest BCUT2D eigenvalue weighted by Crippen LogP contribution is 2.33. The highest BCUT2D eigenvalue weighted by atomic mass is 35.5. The predicted molar refractivity (Wildman–Crippen MR) is 111 cm³/mol. The fourth-order valence-corrected chi connectivity index (χ4v) is 2.92. The van der Waals surface area contributed by atoms with Crippen molar-refractivity contribution in [2.75, 3.05) is 10.6 Å². The van der Waals surface area contributed by atoms with E-state index < -0.39 is 0 Å². The van der Waals surface area contributed by atoms with E-state index in [0.29, 0.717) is 16.5 Å². The minimum Gasteiger partial charge on any atom is -0.455 e. The summed E-state index contributed by atoms with van der Waals surface area (Å²) in [5, 5.41) is 7.01. The summed E-state index contributed by atoms with van der Waals surface area (Å²) in [4.78, 5) is 11.5. The Morgan fingerprint density at radius 2 is 1.56 bits per heavy atom. The van der Waals surface area contributed by atoms with Crippen LogP contribution < -0.4 is 15.4 Å². The van der Waals surface area contributed by atoms with Gasteiger partial charge in [0, 0.05) is 17.6 Å². The van der Waals surface area contributed by atoms with E-state index in [2.05, 4.69) is 10.6 Å². The number of amides is 1. The molecule has 0 bridgehead atoms. The van der Waals surface area contributed by atoms with Crippen molar-refractivity contribution in [3.05, 3.63) is 83.4 Å². The molecule has 0 heterocycles. The summed E-state index contributed by atoms with van der Waals surface area (Å²) >= 11 is 5.94. The van der Waals surface area contributed by atoms with Crippen LogP contribution in [0.1, 0.15) is 25.5 Å². The Balaban J connectivity index is 1.82. The van der Waals surface area contributed by atoms with Crippen LogP contribution in [-0.4, -0.2) is 5.91 Å². The van der Waals surface area contributed by atoms with Gasteiger partial charge in [-0.15, -0.1) is 0 Å². The van der Waals surface area contributed by atoms with Gasteiger partial charge in [0.05, 0.1) is 11.7 Å². The minimum atomic E-state index is -0.0962. The van der Waals surface area contributed by atoms with Crippen LogP contribution in [0.2, 0.25) is 5.02 Å². The quantitative estimate of drug-likeness (QED) is 0.530. The van der Waals surface area contributed by atoms with Gasteiger partial charge in [-0.2, -0.15) is 0 Å². The van der Waals surface area contributed by atoms with Gasteiger partial charge in [-0.1, -0.05) is 41.9 Å². The van der Waals surface area contributed by atoms with Crippen LogP contribution in [0.15, 0.2) is 72.8 Å². The third kappa shape index (κ3) is 5.02. The first-order valence-electron chi connectivity index (χ1n) is 8.68. The molecular formula is C22H21ClN2O2. The minimum absolute atomic E-state index is 0.0389. The molecule has 0 aliphatic carbocycles. The Bertz CT molecular complexity index is 926. The highest BCUT2D eigenvalue weighted by Gasteiger charge is 2.13. The highest BCUT2D eigenvalue weighted by molar-refractivity contribution is 6.30. The molecule has 4 nitrogen and oxygen atoms in total. The number of ether oxygens (including phenoxy) is 1. The van der Waals surface area contributed by atoms with Gasteiger partial charge in [-0.25, -0.2) is 0 Å². The van der Waals surface area contributed by atoms with E-state index in [4.69, 9.17) is 16.3 Å². The number of para-hydroxylation sites is 3. The number of anilines is 2. The standard InChI is InChI=1S/C22H21ClN2O2/c1-15(19-7-3-4-8-20(19)25-16(2)26)24-21-9-5-6-10-22(21)27-18-13-11-17(23)12-14-18/h3-15,24H,1-2H3,(H,25,26). The summed E-state index contributed by atoms with van der Waals surface area (Å²) in [6, 6.07) is 22.7. The van der Waals surface area contributed by atoms with Crippen molar-refractivity contribution in [2.45, 2.75) is 19.9 Å². The molecule has 1 atom stereocenters. The lowest BCUT2D eigenvalue weighted by Gasteiger charge is -2.21. The van der Waals surface area contributed by atoms with Gasteiger partial charge in [0.15, 0.2) is 5.75 Å². The third-order valence-corrected chi connectivity index (χ3v) is 4.29. The average molecular weight is 381 g/mol. The van der Waals surface area contributed by atoms with Crippen LogP contribution in [0, 0.1) is 0 Å². The summed E-state index contributed by atoms with van der Waals surface area (Å²) in [7, 11) is 0. The first-order valence-corrected chi connectivity index (χ1v) is 9.06. The van der Waals surface area contributed by atoms with Crippen LogP contribution in [0.5, 0.6) is 11.5 Å². The molecule has 0 fully saturated rings. The molecule has 3 rings (SSSR count). The van der Waals surface area contributed by atoms with Crippen molar-refractivity contribution >= 4 is 28.9 Å². The van der Waals surface area contributed by atoms with Gasteiger partial charge in [0.25, 0.3) is 0 Å². The predicted octanol–water partition coefficient (Wildman–Crippen LogP) is 6.26. The summed E-state index contributed by atoms with van der Waals surface area (Å²) in [6.07, 6.45) is 0. The molecule has 3 aromatic carbocycles. The average Bonchev–Trinajstić information content (AvgIpc) is 2.65. The van der Waals surface area contributed by atoms with Gasteiger partial charge in [0.1, 0.15) is 5.75 Å². The molecule has 1 unspecified atom stereocenters. The number of hydrogen-bond donors (Lipinski definition) is 2. The topological polar surface area (TPSA) is 50.4 Å². The van der Waals surface area contributed by atoms with E-state index in [9.17, 15) is 4.79 Å². The van der Waals surface area contributed by atoms with Crippen LogP contribution in [0.4, 0.5) is 11.4 Å². The molecule has 27 heavy (non-hydrogen) atoms. The van der Waals surface area contributed by atoms with Gasteiger partial charge >= 0.3 is 0 Å². The molecule has 1 amide bonds. The van der Waals surface area contributed by atoms with E-state index in [1.54, 1.807) is 12.1 Å². The number of carbonyl (C=O) groups excluding carboxylic acids is 1. The summed E-state index contributed by atoms with van der Waals surface area (Å²) in [5.74, 6) is 1.32. The largest absolute Gasteiger partial charge is 0.455 e. The summed E-state index contributed by atoms with van der Waals surface area (Å²) in [5.41, 5.74) is 2.65. The molecule has 0 aromatic heterocycles. The lowest BCUT2D eigenvalue weighted by molar-refractivity contribution is -0.114. The van der Waals surface area contributed by atoms with Crippen LogP contribution in [0.3, 0.4) is 0 Å². The van der Waals surface area contributed by atoms with Gasteiger partial charge in [-0.3, -0.25) is 4.79 Å². The molecule has 138 valence electrons. The second-order valence-corrected chi connectivity index (χ2v) is 6.62. The molecule has 0 radical (unpaired) electrons. The van der Waals surface area contributed by atoms with E-state index in [1.165, 1.54) is 6.92 Å². The van der Waals surface area contributed by atoms with Gasteiger partial charge in [-0.05, 0) is 55.0 Å². The fourth-order valence-electron chi connectivity index (χ4n) is 2.79. The van der Waals surface area contributed by atoms with Crippen LogP contribution >= 0.6 is 11.6 Å². The molecule has 0 aliphatic rings. The third-order valence-electron chi connectivity index (χ3n) is 4.04. The van der Waals surface area contributed by atoms with Crippen molar-refractivity contribution < 1.29 is 9.53 Å². The maximum absolute atomic E-state index is 11.5. The van der Waals surface area contributed by atoms with Crippen molar-refractivity contribution in [2.24, 2.45) is 0 Å². The maximum Gasteiger partial charge on any atom is 0.221 e. The van der Waals surface area contributed by atoms with E-state index >= 15 is 0 Å². The van der Waals surface area contributed by atoms with E-state index in [1.807, 2.05) is 67.6 Å². The van der Waals surface area contributed by atoms with Crippen molar-refractivity contribution in [1.82, 2.24) is 0 Å². The first kappa shape index (κ1) is 18.8.